The van der Waals surface area contributed by atoms with Crippen molar-refractivity contribution in [2.24, 2.45) is 0 Å². The molecule has 6 nitrogen and oxygen atoms in total. The molecule has 11 aromatic rings. The fourth-order valence-corrected chi connectivity index (χ4v) is 7.83. The lowest BCUT2D eigenvalue weighted by Crippen LogP contribution is -2.06. The average molecular weight is 718 g/mol. The Balaban J connectivity index is 1.07. The molecule has 0 amide bonds. The molecule has 0 aliphatic carbocycles. The van der Waals surface area contributed by atoms with Crippen molar-refractivity contribution in [3.63, 3.8) is 0 Å². The second-order valence-electron chi connectivity index (χ2n) is 13.9. The molecule has 0 aliphatic rings. The Labute approximate surface area is 322 Å². The van der Waals surface area contributed by atoms with Crippen LogP contribution < -0.4 is 0 Å². The third-order valence-electron chi connectivity index (χ3n) is 10.5. The van der Waals surface area contributed by atoms with Crippen molar-refractivity contribution in [2.75, 3.05) is 0 Å². The summed E-state index contributed by atoms with van der Waals surface area (Å²) in [4.78, 5) is 20.4. The van der Waals surface area contributed by atoms with E-state index in [-0.39, 0.29) is 0 Å². The number of rotatable bonds is 6. The largest absolute Gasteiger partial charge is 0.435 e. The van der Waals surface area contributed by atoms with Gasteiger partial charge in [0, 0.05) is 21.9 Å². The van der Waals surface area contributed by atoms with Crippen molar-refractivity contribution in [1.82, 2.24) is 24.5 Å². The van der Waals surface area contributed by atoms with Crippen molar-refractivity contribution in [3.05, 3.63) is 188 Å². The number of benzene rings is 8. The van der Waals surface area contributed by atoms with Crippen LogP contribution in [0.25, 0.3) is 106 Å². The van der Waals surface area contributed by atoms with Crippen molar-refractivity contribution in [3.8, 4) is 62.4 Å². The van der Waals surface area contributed by atoms with Crippen LogP contribution in [0.4, 0.5) is 0 Å². The summed E-state index contributed by atoms with van der Waals surface area (Å²) >= 11 is 0. The highest BCUT2D eigenvalue weighted by Crippen LogP contribution is 2.36. The first-order valence-corrected chi connectivity index (χ1v) is 18.6. The quantitative estimate of drug-likeness (QED) is 0.171. The molecule has 0 saturated carbocycles. The summed E-state index contributed by atoms with van der Waals surface area (Å²) in [5.74, 6) is 2.13. The summed E-state index contributed by atoms with van der Waals surface area (Å²) < 4.78 is 8.60. The minimum absolute atomic E-state index is 0.501. The summed E-state index contributed by atoms with van der Waals surface area (Å²) in [6.45, 7) is 0. The third-order valence-corrected chi connectivity index (χ3v) is 10.5. The van der Waals surface area contributed by atoms with Gasteiger partial charge in [-0.05, 0) is 75.5 Å². The van der Waals surface area contributed by atoms with Crippen LogP contribution in [0.5, 0.6) is 0 Å². The molecule has 3 heterocycles. The Morgan fingerprint density at radius 1 is 0.375 bits per heavy atom. The molecule has 0 N–H and O–H groups in total. The lowest BCUT2D eigenvalue weighted by Gasteiger charge is -2.12. The fraction of sp³-hybridized carbons (Fsp3) is 0. The summed E-state index contributed by atoms with van der Waals surface area (Å²) in [5, 5.41) is 4.66. The molecule has 8 aromatic carbocycles. The van der Waals surface area contributed by atoms with E-state index in [0.29, 0.717) is 29.1 Å². The van der Waals surface area contributed by atoms with Crippen LogP contribution in [-0.4, -0.2) is 24.5 Å². The van der Waals surface area contributed by atoms with Gasteiger partial charge < -0.3 is 4.42 Å². The molecule has 0 saturated heterocycles. The zero-order valence-corrected chi connectivity index (χ0v) is 30.0. The molecule has 0 aliphatic heterocycles. The van der Waals surface area contributed by atoms with E-state index in [1.54, 1.807) is 0 Å². The van der Waals surface area contributed by atoms with Crippen LogP contribution in [0, 0.1) is 0 Å². The normalized spacial score (nSPS) is 11.6. The molecule has 56 heavy (non-hydrogen) atoms. The van der Waals surface area contributed by atoms with E-state index in [9.17, 15) is 0 Å². The van der Waals surface area contributed by atoms with Crippen LogP contribution in [0.3, 0.4) is 0 Å². The second-order valence-corrected chi connectivity index (χ2v) is 13.9. The van der Waals surface area contributed by atoms with Crippen molar-refractivity contribution >= 4 is 43.7 Å². The lowest BCUT2D eigenvalue weighted by molar-refractivity contribution is 0.620. The molecule has 0 radical (unpaired) electrons. The van der Waals surface area contributed by atoms with Gasteiger partial charge in [0.25, 0.3) is 0 Å². The SMILES string of the molecule is c1ccc(-c2ccc3c(-c4ccc(-c5nc(-c6cccc7nc(-c8ccccc8)oc67)nc(-n6c7ccccc7c7ccccc76)n5)cc4)cccc3c2)cc1. The summed E-state index contributed by atoms with van der Waals surface area (Å²) in [6.07, 6.45) is 0. The third kappa shape index (κ3) is 5.35. The molecule has 262 valence electrons. The number of hydrogen-bond acceptors (Lipinski definition) is 5. The lowest BCUT2D eigenvalue weighted by atomic mass is 9.95. The Bertz CT molecular complexity index is 3190. The Morgan fingerprint density at radius 3 is 1.73 bits per heavy atom. The van der Waals surface area contributed by atoms with Crippen molar-refractivity contribution in [2.45, 2.75) is 0 Å². The highest BCUT2D eigenvalue weighted by atomic mass is 16.3. The predicted molar refractivity (Wildman–Crippen MR) is 226 cm³/mol. The van der Waals surface area contributed by atoms with Crippen LogP contribution in [0.2, 0.25) is 0 Å². The van der Waals surface area contributed by atoms with Gasteiger partial charge in [-0.1, -0.05) is 146 Å². The van der Waals surface area contributed by atoms with Gasteiger partial charge in [-0.15, -0.1) is 0 Å². The molecule has 0 spiro atoms. The molecule has 0 unspecified atom stereocenters. The number of hydrogen-bond donors (Lipinski definition) is 0. The van der Waals surface area contributed by atoms with Gasteiger partial charge in [0.15, 0.2) is 17.2 Å². The molecule has 11 rings (SSSR count). The molecule has 6 heteroatoms. The Morgan fingerprint density at radius 2 is 0.982 bits per heavy atom. The number of nitrogens with zero attached hydrogens (tertiary/aromatic N) is 5. The molecule has 0 atom stereocenters. The van der Waals surface area contributed by atoms with Gasteiger partial charge in [0.05, 0.1) is 16.6 Å². The van der Waals surface area contributed by atoms with E-state index in [2.05, 4.69) is 138 Å². The maximum absolute atomic E-state index is 6.47. The monoisotopic (exact) mass is 717 g/mol. The average Bonchev–Trinajstić information content (AvgIpc) is 3.87. The van der Waals surface area contributed by atoms with Crippen LogP contribution >= 0.6 is 0 Å². The van der Waals surface area contributed by atoms with Crippen LogP contribution in [-0.2, 0) is 0 Å². The first-order valence-electron chi connectivity index (χ1n) is 18.6. The maximum Gasteiger partial charge on any atom is 0.238 e. The number of oxazole rings is 1. The van der Waals surface area contributed by atoms with Gasteiger partial charge in [-0.3, -0.25) is 4.57 Å². The first kappa shape index (κ1) is 31.8. The smallest absolute Gasteiger partial charge is 0.238 e. The Kier molecular flexibility index (Phi) is 7.38. The van der Waals surface area contributed by atoms with Crippen molar-refractivity contribution < 1.29 is 4.42 Å². The van der Waals surface area contributed by atoms with Gasteiger partial charge in [0.2, 0.25) is 11.8 Å². The van der Waals surface area contributed by atoms with E-state index in [0.717, 1.165) is 49.6 Å². The summed E-state index contributed by atoms with van der Waals surface area (Å²) in [5.41, 5.74) is 10.6. The van der Waals surface area contributed by atoms with E-state index < -0.39 is 0 Å². The summed E-state index contributed by atoms with van der Waals surface area (Å²) in [7, 11) is 0. The van der Waals surface area contributed by atoms with Crippen LogP contribution in [0.1, 0.15) is 0 Å². The minimum atomic E-state index is 0.501. The molecule has 0 bridgehead atoms. The predicted octanol–water partition coefficient (Wildman–Crippen LogP) is 12.6. The maximum atomic E-state index is 6.47. The topological polar surface area (TPSA) is 69.6 Å². The van der Waals surface area contributed by atoms with Gasteiger partial charge >= 0.3 is 0 Å². The molecular weight excluding hydrogens is 687 g/mol. The zero-order chi connectivity index (χ0) is 37.0. The highest BCUT2D eigenvalue weighted by molar-refractivity contribution is 6.09. The van der Waals surface area contributed by atoms with Gasteiger partial charge in [-0.25, -0.2) is 9.97 Å². The second kappa shape index (κ2) is 13.0. The van der Waals surface area contributed by atoms with E-state index in [1.807, 2.05) is 54.6 Å². The number of para-hydroxylation sites is 3. The van der Waals surface area contributed by atoms with Crippen molar-refractivity contribution in [1.29, 1.82) is 0 Å². The minimum Gasteiger partial charge on any atom is -0.435 e. The van der Waals surface area contributed by atoms with E-state index >= 15 is 0 Å². The Hall–Kier alpha value is -7.70. The number of aromatic nitrogens is 5. The highest BCUT2D eigenvalue weighted by Gasteiger charge is 2.21. The van der Waals surface area contributed by atoms with Gasteiger partial charge in [0.1, 0.15) is 5.52 Å². The zero-order valence-electron chi connectivity index (χ0n) is 30.0. The molecule has 3 aromatic heterocycles. The molecule has 0 fully saturated rings. The van der Waals surface area contributed by atoms with Gasteiger partial charge in [-0.2, -0.15) is 9.97 Å². The fourth-order valence-electron chi connectivity index (χ4n) is 7.83. The first-order chi connectivity index (χ1) is 27.7. The van der Waals surface area contributed by atoms with E-state index in [1.165, 1.54) is 27.5 Å². The van der Waals surface area contributed by atoms with E-state index in [4.69, 9.17) is 24.4 Å². The molecular formula is C50H31N5O. The number of fused-ring (bicyclic) bond motifs is 5. The summed E-state index contributed by atoms with van der Waals surface area (Å²) in [6, 6.07) is 64.8. The van der Waals surface area contributed by atoms with Crippen LogP contribution in [0.15, 0.2) is 192 Å². The standard InChI is InChI=1S/C50H31N5O/c1-3-13-32(14-4-1)36-29-30-39-37(31-36)17-11-20-38(39)33-25-27-34(28-26-33)47-52-48(42-21-12-22-43-46(42)56-49(51-43)35-15-5-2-6-16-35)54-50(53-47)55-44-23-9-7-18-40(44)41-19-8-10-24-45(41)55/h1-31H.